The smallest absolute Gasteiger partial charge is 0.213 e. The first kappa shape index (κ1) is 21.0. The molecule has 6 nitrogen and oxygen atoms in total. The molecule has 1 aliphatic heterocycles. The Bertz CT molecular complexity index is 488. The number of guanidine groups is 1. The van der Waals surface area contributed by atoms with Gasteiger partial charge in [0.25, 0.3) is 0 Å². The third-order valence-corrected chi connectivity index (χ3v) is 3.44. The van der Waals surface area contributed by atoms with E-state index in [2.05, 4.69) is 27.5 Å². The molecule has 1 aromatic heterocycles. The maximum absolute atomic E-state index is 5.62. The lowest BCUT2D eigenvalue weighted by Crippen LogP contribution is -2.41. The van der Waals surface area contributed by atoms with Crippen LogP contribution in [0.3, 0.4) is 0 Å². The van der Waals surface area contributed by atoms with Crippen LogP contribution in [-0.2, 0) is 11.3 Å². The van der Waals surface area contributed by atoms with Gasteiger partial charge in [0.1, 0.15) is 0 Å². The number of aromatic nitrogens is 1. The molecule has 1 saturated heterocycles. The Morgan fingerprint density at radius 3 is 2.83 bits per heavy atom. The molecule has 7 heteroatoms. The largest absolute Gasteiger partial charge is 0.475 e. The average molecular weight is 448 g/mol. The van der Waals surface area contributed by atoms with Crippen LogP contribution in [0.5, 0.6) is 5.88 Å². The standard InChI is InChI=1S/C17H28N4O2.HI/c1-4-18-17(21-12-15-6-5-9-22-15)20-11-14-7-8-16(19-10-14)23-13(2)3;/h7-8,10,13,15H,4-6,9,11-12H2,1-3H3,(H2,18,20,21);1H. The van der Waals surface area contributed by atoms with Crippen LogP contribution in [0, 0.1) is 0 Å². The van der Waals surface area contributed by atoms with E-state index >= 15 is 0 Å². The van der Waals surface area contributed by atoms with Gasteiger partial charge in [0.05, 0.1) is 18.8 Å². The fraction of sp³-hybridized carbons (Fsp3) is 0.647. The predicted octanol–water partition coefficient (Wildman–Crippen LogP) is 2.72. The summed E-state index contributed by atoms with van der Waals surface area (Å²) in [6, 6.07) is 3.88. The second kappa shape index (κ2) is 11.5. The monoisotopic (exact) mass is 448 g/mol. The van der Waals surface area contributed by atoms with E-state index in [0.29, 0.717) is 18.5 Å². The second-order valence-corrected chi connectivity index (χ2v) is 5.88. The number of aliphatic imine (C=N–C) groups is 1. The molecule has 136 valence electrons. The van der Waals surface area contributed by atoms with Crippen molar-refractivity contribution >= 4 is 29.9 Å². The van der Waals surface area contributed by atoms with Crippen molar-refractivity contribution in [2.45, 2.75) is 52.4 Å². The molecule has 1 unspecified atom stereocenters. The van der Waals surface area contributed by atoms with E-state index in [1.54, 1.807) is 0 Å². The Hall–Kier alpha value is -1.09. The molecule has 0 aliphatic carbocycles. The highest BCUT2D eigenvalue weighted by Crippen LogP contribution is 2.11. The second-order valence-electron chi connectivity index (χ2n) is 5.88. The maximum Gasteiger partial charge on any atom is 0.213 e. The number of ether oxygens (including phenoxy) is 2. The van der Waals surface area contributed by atoms with E-state index in [9.17, 15) is 0 Å². The lowest BCUT2D eigenvalue weighted by atomic mass is 10.2. The third-order valence-electron chi connectivity index (χ3n) is 3.44. The summed E-state index contributed by atoms with van der Waals surface area (Å²) in [5, 5.41) is 6.59. The van der Waals surface area contributed by atoms with Crippen molar-refractivity contribution in [3.05, 3.63) is 23.9 Å². The molecule has 24 heavy (non-hydrogen) atoms. The summed E-state index contributed by atoms with van der Waals surface area (Å²) in [5.74, 6) is 1.46. The van der Waals surface area contributed by atoms with Crippen LogP contribution in [0.25, 0.3) is 0 Å². The minimum atomic E-state index is 0. The average Bonchev–Trinajstić information content (AvgIpc) is 3.04. The van der Waals surface area contributed by atoms with Gasteiger partial charge in [-0.25, -0.2) is 9.98 Å². The van der Waals surface area contributed by atoms with Crippen molar-refractivity contribution in [3.8, 4) is 5.88 Å². The summed E-state index contributed by atoms with van der Waals surface area (Å²) in [6.07, 6.45) is 4.51. The van der Waals surface area contributed by atoms with Gasteiger partial charge in [0.15, 0.2) is 5.96 Å². The fourth-order valence-electron chi connectivity index (χ4n) is 2.34. The predicted molar refractivity (Wildman–Crippen MR) is 107 cm³/mol. The molecule has 0 aromatic carbocycles. The zero-order valence-corrected chi connectivity index (χ0v) is 17.1. The summed E-state index contributed by atoms with van der Waals surface area (Å²) in [4.78, 5) is 8.89. The SMILES string of the molecule is CCNC(=NCc1ccc(OC(C)C)nc1)NCC1CCCO1.I. The molecule has 0 radical (unpaired) electrons. The fourth-order valence-corrected chi connectivity index (χ4v) is 2.34. The van der Waals surface area contributed by atoms with Crippen molar-refractivity contribution in [1.29, 1.82) is 0 Å². The van der Waals surface area contributed by atoms with Crippen LogP contribution in [0.4, 0.5) is 0 Å². The molecular formula is C17H29IN4O2. The normalized spacial score (nSPS) is 17.5. The number of hydrogen-bond donors (Lipinski definition) is 2. The molecular weight excluding hydrogens is 419 g/mol. The Kier molecular flexibility index (Phi) is 10.0. The number of halogens is 1. The van der Waals surface area contributed by atoms with Gasteiger partial charge in [0, 0.05) is 32.0 Å². The summed E-state index contributed by atoms with van der Waals surface area (Å²) in [5.41, 5.74) is 1.05. The van der Waals surface area contributed by atoms with Crippen molar-refractivity contribution in [2.75, 3.05) is 19.7 Å². The van der Waals surface area contributed by atoms with Gasteiger partial charge in [-0.1, -0.05) is 6.07 Å². The first-order valence-corrected chi connectivity index (χ1v) is 8.42. The molecule has 1 atom stereocenters. The zero-order valence-electron chi connectivity index (χ0n) is 14.7. The highest BCUT2D eigenvalue weighted by molar-refractivity contribution is 14.0. The first-order valence-electron chi connectivity index (χ1n) is 8.42. The van der Waals surface area contributed by atoms with Gasteiger partial charge in [0.2, 0.25) is 5.88 Å². The summed E-state index contributed by atoms with van der Waals surface area (Å²) >= 11 is 0. The quantitative estimate of drug-likeness (QED) is 0.382. The van der Waals surface area contributed by atoms with Crippen LogP contribution in [-0.4, -0.2) is 42.8 Å². The van der Waals surface area contributed by atoms with Gasteiger partial charge in [-0.05, 0) is 39.2 Å². The van der Waals surface area contributed by atoms with Crippen molar-refractivity contribution < 1.29 is 9.47 Å². The van der Waals surface area contributed by atoms with Gasteiger partial charge in [-0.3, -0.25) is 0 Å². The highest BCUT2D eigenvalue weighted by Gasteiger charge is 2.15. The van der Waals surface area contributed by atoms with E-state index in [4.69, 9.17) is 9.47 Å². The maximum atomic E-state index is 5.62. The van der Waals surface area contributed by atoms with Crippen molar-refractivity contribution in [1.82, 2.24) is 15.6 Å². The van der Waals surface area contributed by atoms with Gasteiger partial charge in [-0.2, -0.15) is 0 Å². The number of pyridine rings is 1. The van der Waals surface area contributed by atoms with Crippen LogP contribution in [0.1, 0.15) is 39.2 Å². The van der Waals surface area contributed by atoms with Crippen LogP contribution >= 0.6 is 24.0 Å². The molecule has 0 amide bonds. The Balaban J connectivity index is 0.00000288. The lowest BCUT2D eigenvalue weighted by Gasteiger charge is -2.14. The minimum Gasteiger partial charge on any atom is -0.475 e. The number of nitrogens with zero attached hydrogens (tertiary/aromatic N) is 2. The molecule has 1 aromatic rings. The number of hydrogen-bond acceptors (Lipinski definition) is 4. The van der Waals surface area contributed by atoms with Gasteiger partial charge in [-0.15, -0.1) is 24.0 Å². The van der Waals surface area contributed by atoms with Crippen molar-refractivity contribution in [3.63, 3.8) is 0 Å². The molecule has 0 bridgehead atoms. The third kappa shape index (κ3) is 7.65. The van der Waals surface area contributed by atoms with Gasteiger partial charge < -0.3 is 20.1 Å². The molecule has 2 N–H and O–H groups in total. The van der Waals surface area contributed by atoms with E-state index in [1.807, 2.05) is 32.2 Å². The summed E-state index contributed by atoms with van der Waals surface area (Å²) in [6.45, 7) is 9.11. The molecule has 0 saturated carbocycles. The Labute approximate surface area is 161 Å². The lowest BCUT2D eigenvalue weighted by molar-refractivity contribution is 0.114. The minimum absolute atomic E-state index is 0. The van der Waals surface area contributed by atoms with E-state index in [-0.39, 0.29) is 30.1 Å². The number of nitrogens with one attached hydrogen (secondary N) is 2. The van der Waals surface area contributed by atoms with Crippen LogP contribution in [0.15, 0.2) is 23.3 Å². The Morgan fingerprint density at radius 1 is 1.42 bits per heavy atom. The molecule has 2 rings (SSSR count). The van der Waals surface area contributed by atoms with E-state index < -0.39 is 0 Å². The molecule has 0 spiro atoms. The van der Waals surface area contributed by atoms with Crippen LogP contribution in [0.2, 0.25) is 0 Å². The topological polar surface area (TPSA) is 67.8 Å². The zero-order chi connectivity index (χ0) is 16.5. The molecule has 1 fully saturated rings. The molecule has 1 aliphatic rings. The number of rotatable bonds is 7. The Morgan fingerprint density at radius 2 is 2.25 bits per heavy atom. The van der Waals surface area contributed by atoms with Gasteiger partial charge >= 0.3 is 0 Å². The van der Waals surface area contributed by atoms with E-state index in [1.165, 1.54) is 0 Å². The summed E-state index contributed by atoms with van der Waals surface area (Å²) < 4.78 is 11.2. The molecule has 2 heterocycles. The van der Waals surface area contributed by atoms with E-state index in [0.717, 1.165) is 44.1 Å². The first-order chi connectivity index (χ1) is 11.2. The van der Waals surface area contributed by atoms with Crippen LogP contribution < -0.4 is 15.4 Å². The summed E-state index contributed by atoms with van der Waals surface area (Å²) in [7, 11) is 0. The highest BCUT2D eigenvalue weighted by atomic mass is 127. The van der Waals surface area contributed by atoms with Crippen molar-refractivity contribution in [2.24, 2.45) is 4.99 Å².